The smallest absolute Gasteiger partial charge is 0.243 e. The quantitative estimate of drug-likeness (QED) is 0.675. The number of nitrogens with zero attached hydrogens (tertiary/aromatic N) is 2. The Hall–Kier alpha value is -0.920. The lowest BCUT2D eigenvalue weighted by atomic mass is 10.2. The monoisotopic (exact) mass is 314 g/mol. The van der Waals surface area contributed by atoms with E-state index in [0.717, 1.165) is 38.9 Å². The second-order valence-electron chi connectivity index (χ2n) is 6.41. The maximum Gasteiger partial charge on any atom is 0.243 e. The van der Waals surface area contributed by atoms with Gasteiger partial charge in [0.05, 0.1) is 6.20 Å². The van der Waals surface area contributed by atoms with E-state index in [-0.39, 0.29) is 16.4 Å². The van der Waals surface area contributed by atoms with Gasteiger partial charge in [-0.05, 0) is 37.8 Å². The van der Waals surface area contributed by atoms with Gasteiger partial charge >= 0.3 is 0 Å². The van der Waals surface area contributed by atoms with Gasteiger partial charge in [0.1, 0.15) is 4.90 Å². The van der Waals surface area contributed by atoms with Gasteiger partial charge in [-0.25, -0.2) is 13.1 Å². The van der Waals surface area contributed by atoms with Gasteiger partial charge in [0.25, 0.3) is 0 Å². The third-order valence-corrected chi connectivity index (χ3v) is 5.32. The van der Waals surface area contributed by atoms with Crippen molar-refractivity contribution in [2.45, 2.75) is 57.5 Å². The number of hydrogen-bond acceptors (Lipinski definition) is 4. The summed E-state index contributed by atoms with van der Waals surface area (Å²) in [6, 6.07) is 0.0455. The molecule has 1 saturated carbocycles. The van der Waals surface area contributed by atoms with Crippen LogP contribution in [0.15, 0.2) is 17.3 Å². The van der Waals surface area contributed by atoms with Crippen LogP contribution in [0.3, 0.4) is 0 Å². The van der Waals surface area contributed by atoms with Gasteiger partial charge in [-0.15, -0.1) is 0 Å². The van der Waals surface area contributed by atoms with Crippen molar-refractivity contribution in [1.82, 2.24) is 19.8 Å². The summed E-state index contributed by atoms with van der Waals surface area (Å²) in [5.41, 5.74) is 0.0774. The van der Waals surface area contributed by atoms with E-state index in [0.29, 0.717) is 0 Å². The first-order valence-electron chi connectivity index (χ1n) is 7.60. The molecule has 1 aliphatic rings. The summed E-state index contributed by atoms with van der Waals surface area (Å²) in [6.45, 7) is 8.91. The molecule has 0 aliphatic heterocycles. The van der Waals surface area contributed by atoms with Crippen LogP contribution in [0.4, 0.5) is 0 Å². The molecule has 1 aliphatic carbocycles. The van der Waals surface area contributed by atoms with E-state index in [1.54, 1.807) is 10.9 Å². The number of nitrogens with one attached hydrogen (secondary N) is 2. The fraction of sp³-hybridized carbons (Fsp3) is 0.786. The number of aromatic nitrogens is 2. The zero-order valence-electron chi connectivity index (χ0n) is 13.1. The molecule has 0 amide bonds. The molecular weight excluding hydrogens is 288 g/mol. The first kappa shape index (κ1) is 16.5. The normalized spacial score (nSPS) is 20.6. The fourth-order valence-electron chi connectivity index (χ4n) is 2.20. The maximum absolute atomic E-state index is 12.2. The number of hydrogen-bond donors (Lipinski definition) is 2. The Bertz CT molecular complexity index is 565. The highest BCUT2D eigenvalue weighted by Gasteiger charge is 2.48. The molecule has 0 saturated heterocycles. The first-order valence-corrected chi connectivity index (χ1v) is 9.09. The standard InChI is InChI=1S/C14H26N4O2S/c1-4-6-15-7-5-8-18-11-12(10-16-18)21(19,20)17-13-9-14(13,2)3/h10-11,13,15,17H,4-9H2,1-3H3. The van der Waals surface area contributed by atoms with Gasteiger partial charge in [0.15, 0.2) is 0 Å². The Morgan fingerprint density at radius 1 is 1.43 bits per heavy atom. The molecule has 0 radical (unpaired) electrons. The van der Waals surface area contributed by atoms with Crippen molar-refractivity contribution in [1.29, 1.82) is 0 Å². The summed E-state index contributed by atoms with van der Waals surface area (Å²) >= 11 is 0. The van der Waals surface area contributed by atoms with Crippen LogP contribution in [0.2, 0.25) is 0 Å². The van der Waals surface area contributed by atoms with Crippen molar-refractivity contribution in [3.8, 4) is 0 Å². The Kier molecular flexibility index (Phi) is 5.06. The molecule has 0 aromatic carbocycles. The summed E-state index contributed by atoms with van der Waals surface area (Å²) in [6.07, 6.45) is 5.98. The highest BCUT2D eigenvalue weighted by molar-refractivity contribution is 7.89. The maximum atomic E-state index is 12.2. The summed E-state index contributed by atoms with van der Waals surface area (Å²) in [5.74, 6) is 0. The van der Waals surface area contributed by atoms with Gasteiger partial charge in [-0.2, -0.15) is 5.10 Å². The average molecular weight is 314 g/mol. The molecule has 1 aromatic heterocycles. The molecule has 0 spiro atoms. The average Bonchev–Trinajstić information content (AvgIpc) is 2.80. The Morgan fingerprint density at radius 2 is 2.14 bits per heavy atom. The van der Waals surface area contributed by atoms with E-state index in [4.69, 9.17) is 0 Å². The molecule has 2 N–H and O–H groups in total. The highest BCUT2D eigenvalue weighted by Crippen LogP contribution is 2.45. The molecule has 0 bridgehead atoms. The van der Waals surface area contributed by atoms with Crippen molar-refractivity contribution < 1.29 is 8.42 Å². The zero-order valence-corrected chi connectivity index (χ0v) is 13.9. The summed E-state index contributed by atoms with van der Waals surface area (Å²) in [7, 11) is -3.44. The van der Waals surface area contributed by atoms with Gasteiger partial charge in [0, 0.05) is 18.8 Å². The molecule has 6 nitrogen and oxygen atoms in total. The van der Waals surface area contributed by atoms with Crippen molar-refractivity contribution in [2.24, 2.45) is 5.41 Å². The number of rotatable bonds is 9. The van der Waals surface area contributed by atoms with E-state index in [1.165, 1.54) is 6.20 Å². The van der Waals surface area contributed by atoms with Crippen LogP contribution in [0.25, 0.3) is 0 Å². The summed E-state index contributed by atoms with van der Waals surface area (Å²) in [4.78, 5) is 0.256. The van der Waals surface area contributed by atoms with E-state index in [1.807, 2.05) is 0 Å². The molecule has 2 rings (SSSR count). The lowest BCUT2D eigenvalue weighted by molar-refractivity contribution is 0.540. The van der Waals surface area contributed by atoms with E-state index in [2.05, 4.69) is 35.9 Å². The Morgan fingerprint density at radius 3 is 2.76 bits per heavy atom. The van der Waals surface area contributed by atoms with Crippen molar-refractivity contribution in [2.75, 3.05) is 13.1 Å². The van der Waals surface area contributed by atoms with E-state index in [9.17, 15) is 8.42 Å². The predicted molar refractivity (Wildman–Crippen MR) is 82.5 cm³/mol. The van der Waals surface area contributed by atoms with Gasteiger partial charge in [0.2, 0.25) is 10.0 Å². The second kappa shape index (κ2) is 6.46. The molecule has 1 atom stereocenters. The molecule has 1 fully saturated rings. The Balaban J connectivity index is 1.84. The molecule has 1 aromatic rings. The van der Waals surface area contributed by atoms with Crippen LogP contribution in [0, 0.1) is 5.41 Å². The van der Waals surface area contributed by atoms with E-state index < -0.39 is 10.0 Å². The molecule has 21 heavy (non-hydrogen) atoms. The summed E-state index contributed by atoms with van der Waals surface area (Å²) in [5, 5.41) is 7.45. The first-order chi connectivity index (χ1) is 9.85. The van der Waals surface area contributed by atoms with Crippen molar-refractivity contribution in [3.05, 3.63) is 12.4 Å². The minimum atomic E-state index is -3.44. The van der Waals surface area contributed by atoms with Crippen molar-refractivity contribution in [3.63, 3.8) is 0 Å². The van der Waals surface area contributed by atoms with Crippen LogP contribution in [0.5, 0.6) is 0 Å². The van der Waals surface area contributed by atoms with Crippen LogP contribution >= 0.6 is 0 Å². The molecule has 120 valence electrons. The predicted octanol–water partition coefficient (Wildman–Crippen LogP) is 1.35. The minimum absolute atomic E-state index is 0.0455. The largest absolute Gasteiger partial charge is 0.317 e. The third kappa shape index (κ3) is 4.52. The fourth-order valence-corrected chi connectivity index (χ4v) is 3.56. The topological polar surface area (TPSA) is 76.0 Å². The Labute approximate surface area is 127 Å². The number of aryl methyl sites for hydroxylation is 1. The lowest BCUT2D eigenvalue weighted by Gasteiger charge is -2.06. The second-order valence-corrected chi connectivity index (χ2v) is 8.12. The highest BCUT2D eigenvalue weighted by atomic mass is 32.2. The van der Waals surface area contributed by atoms with Crippen LogP contribution < -0.4 is 10.0 Å². The minimum Gasteiger partial charge on any atom is -0.317 e. The molecule has 1 unspecified atom stereocenters. The SMILES string of the molecule is CCCNCCCn1cc(S(=O)(=O)NC2CC2(C)C)cn1. The van der Waals surface area contributed by atoms with Gasteiger partial charge < -0.3 is 5.32 Å². The number of sulfonamides is 1. The van der Waals surface area contributed by atoms with E-state index >= 15 is 0 Å². The molecule has 1 heterocycles. The molecule has 7 heteroatoms. The van der Waals surface area contributed by atoms with Gasteiger partial charge in [-0.1, -0.05) is 20.8 Å². The molecular formula is C14H26N4O2S. The van der Waals surface area contributed by atoms with Crippen molar-refractivity contribution >= 4 is 10.0 Å². The third-order valence-electron chi connectivity index (χ3n) is 3.90. The van der Waals surface area contributed by atoms with Crippen LogP contribution in [-0.4, -0.2) is 37.3 Å². The summed E-state index contributed by atoms with van der Waals surface area (Å²) < 4.78 is 28.9. The van der Waals surface area contributed by atoms with Crippen LogP contribution in [0.1, 0.15) is 40.0 Å². The van der Waals surface area contributed by atoms with Crippen LogP contribution in [-0.2, 0) is 16.6 Å². The lowest BCUT2D eigenvalue weighted by Crippen LogP contribution is -2.28. The zero-order chi connectivity index (χ0) is 15.5. The van der Waals surface area contributed by atoms with Gasteiger partial charge in [-0.3, -0.25) is 4.68 Å².